The van der Waals surface area contributed by atoms with Gasteiger partial charge >= 0.3 is 0 Å². The van der Waals surface area contributed by atoms with E-state index in [-0.39, 0.29) is 5.56 Å². The Morgan fingerprint density at radius 3 is 2.81 bits per heavy atom. The summed E-state index contributed by atoms with van der Waals surface area (Å²) >= 11 is 0. The molecule has 2 aromatic rings. The van der Waals surface area contributed by atoms with Gasteiger partial charge in [-0.25, -0.2) is 4.52 Å². The van der Waals surface area contributed by atoms with E-state index in [2.05, 4.69) is 10.1 Å². The maximum Gasteiger partial charge on any atom is 0.278 e. The maximum absolute atomic E-state index is 11.6. The molecule has 86 valence electrons. The molecule has 0 saturated carbocycles. The fourth-order valence-electron chi connectivity index (χ4n) is 1.64. The molecule has 0 radical (unpaired) electrons. The van der Waals surface area contributed by atoms with Crippen LogP contribution in [0.5, 0.6) is 5.75 Å². The van der Waals surface area contributed by atoms with E-state index >= 15 is 0 Å². The van der Waals surface area contributed by atoms with Crippen molar-refractivity contribution in [3.63, 3.8) is 0 Å². The third-order valence-electron chi connectivity index (χ3n) is 2.40. The minimum absolute atomic E-state index is 0.294. The number of aliphatic hydroxyl groups is 1. The summed E-state index contributed by atoms with van der Waals surface area (Å²) in [4.78, 5) is 14.1. The van der Waals surface area contributed by atoms with Gasteiger partial charge < -0.3 is 14.8 Å². The summed E-state index contributed by atoms with van der Waals surface area (Å²) in [6.07, 6.45) is 2.88. The highest BCUT2D eigenvalue weighted by atomic mass is 16.5. The average molecular weight is 223 g/mol. The van der Waals surface area contributed by atoms with Gasteiger partial charge in [0.25, 0.3) is 5.56 Å². The Morgan fingerprint density at radius 1 is 1.56 bits per heavy atom. The SMILES string of the molecule is COc1c(C(C)(C)O)cn2nc[nH]c(=O)c12. The Hall–Kier alpha value is -1.82. The van der Waals surface area contributed by atoms with Crippen molar-refractivity contribution in [2.24, 2.45) is 0 Å². The molecule has 6 heteroatoms. The number of methoxy groups -OCH3 is 1. The van der Waals surface area contributed by atoms with Crippen LogP contribution >= 0.6 is 0 Å². The van der Waals surface area contributed by atoms with E-state index in [0.717, 1.165) is 0 Å². The number of rotatable bonds is 2. The molecule has 2 rings (SSSR count). The van der Waals surface area contributed by atoms with Gasteiger partial charge in [0.05, 0.1) is 12.7 Å². The molecule has 16 heavy (non-hydrogen) atoms. The van der Waals surface area contributed by atoms with Crippen LogP contribution in [0.25, 0.3) is 5.52 Å². The van der Waals surface area contributed by atoms with Gasteiger partial charge in [-0.3, -0.25) is 4.79 Å². The molecular weight excluding hydrogens is 210 g/mol. The van der Waals surface area contributed by atoms with Gasteiger partial charge in [0, 0.05) is 11.8 Å². The van der Waals surface area contributed by atoms with Gasteiger partial charge in [0.2, 0.25) is 0 Å². The van der Waals surface area contributed by atoms with Crippen molar-refractivity contribution in [3.05, 3.63) is 28.4 Å². The second-order valence-corrected chi connectivity index (χ2v) is 4.05. The lowest BCUT2D eigenvalue weighted by molar-refractivity contribution is 0.0760. The lowest BCUT2D eigenvalue weighted by Gasteiger charge is -2.16. The smallest absolute Gasteiger partial charge is 0.278 e. The van der Waals surface area contributed by atoms with Crippen molar-refractivity contribution in [3.8, 4) is 5.75 Å². The largest absolute Gasteiger partial charge is 0.494 e. The van der Waals surface area contributed by atoms with Crippen LogP contribution in [0.3, 0.4) is 0 Å². The van der Waals surface area contributed by atoms with Crippen LogP contribution < -0.4 is 10.3 Å². The molecule has 2 N–H and O–H groups in total. The van der Waals surface area contributed by atoms with Gasteiger partial charge in [0.15, 0.2) is 11.3 Å². The maximum atomic E-state index is 11.6. The Bertz CT molecular complexity index is 577. The zero-order valence-corrected chi connectivity index (χ0v) is 9.31. The number of nitrogens with one attached hydrogen (secondary N) is 1. The van der Waals surface area contributed by atoms with Crippen LogP contribution in [0.2, 0.25) is 0 Å². The van der Waals surface area contributed by atoms with Crippen molar-refractivity contribution in [1.29, 1.82) is 0 Å². The molecule has 2 heterocycles. The van der Waals surface area contributed by atoms with E-state index in [4.69, 9.17) is 4.74 Å². The minimum atomic E-state index is -1.09. The molecule has 0 fully saturated rings. The second kappa shape index (κ2) is 3.34. The van der Waals surface area contributed by atoms with Gasteiger partial charge in [-0.1, -0.05) is 0 Å². The summed E-state index contributed by atoms with van der Waals surface area (Å²) < 4.78 is 6.56. The summed E-state index contributed by atoms with van der Waals surface area (Å²) in [5, 5.41) is 13.9. The molecule has 0 spiro atoms. The molecule has 0 bridgehead atoms. The highest BCUT2D eigenvalue weighted by molar-refractivity contribution is 5.63. The monoisotopic (exact) mass is 223 g/mol. The number of hydrogen-bond acceptors (Lipinski definition) is 4. The van der Waals surface area contributed by atoms with Gasteiger partial charge in [-0.2, -0.15) is 5.10 Å². The molecule has 0 amide bonds. The molecule has 0 unspecified atom stereocenters. The average Bonchev–Trinajstić information content (AvgIpc) is 2.57. The van der Waals surface area contributed by atoms with E-state index in [0.29, 0.717) is 16.8 Å². The number of nitrogens with zero attached hydrogens (tertiary/aromatic N) is 2. The zero-order valence-electron chi connectivity index (χ0n) is 9.31. The van der Waals surface area contributed by atoms with Crippen molar-refractivity contribution in [2.45, 2.75) is 19.4 Å². The molecule has 2 aromatic heterocycles. The predicted octanol–water partition coefficient (Wildman–Crippen LogP) is 0.259. The fourth-order valence-corrected chi connectivity index (χ4v) is 1.64. The number of H-pyrrole nitrogens is 1. The molecular formula is C10H13N3O3. The first-order chi connectivity index (χ1) is 7.45. The quantitative estimate of drug-likeness (QED) is 0.765. The third kappa shape index (κ3) is 1.47. The van der Waals surface area contributed by atoms with Crippen LogP contribution in [0.15, 0.2) is 17.3 Å². The number of aromatic nitrogens is 3. The number of aromatic amines is 1. The van der Waals surface area contributed by atoms with Crippen LogP contribution in [0, 0.1) is 0 Å². The van der Waals surface area contributed by atoms with Crippen molar-refractivity contribution >= 4 is 5.52 Å². The molecule has 0 aliphatic heterocycles. The lowest BCUT2D eigenvalue weighted by Crippen LogP contribution is -2.15. The van der Waals surface area contributed by atoms with Gasteiger partial charge in [-0.15, -0.1) is 0 Å². The first kappa shape index (κ1) is 10.7. The van der Waals surface area contributed by atoms with E-state index < -0.39 is 5.60 Å². The summed E-state index contributed by atoms with van der Waals surface area (Å²) in [5.74, 6) is 0.349. The van der Waals surface area contributed by atoms with Crippen molar-refractivity contribution < 1.29 is 9.84 Å². The first-order valence-corrected chi connectivity index (χ1v) is 4.81. The second-order valence-electron chi connectivity index (χ2n) is 4.05. The summed E-state index contributed by atoms with van der Waals surface area (Å²) in [5.41, 5.74) is -0.574. The lowest BCUT2D eigenvalue weighted by atomic mass is 10.0. The fraction of sp³-hybridized carbons (Fsp3) is 0.400. The predicted molar refractivity (Wildman–Crippen MR) is 57.6 cm³/mol. The van der Waals surface area contributed by atoms with E-state index in [1.807, 2.05) is 0 Å². The Labute approximate surface area is 91.5 Å². The van der Waals surface area contributed by atoms with Gasteiger partial charge in [0.1, 0.15) is 6.33 Å². The van der Waals surface area contributed by atoms with E-state index in [1.165, 1.54) is 18.0 Å². The van der Waals surface area contributed by atoms with E-state index in [1.54, 1.807) is 20.0 Å². The Kier molecular flexibility index (Phi) is 2.23. The molecule has 0 atom stereocenters. The Balaban J connectivity index is 2.88. The molecule has 0 aliphatic rings. The minimum Gasteiger partial charge on any atom is -0.494 e. The third-order valence-corrected chi connectivity index (χ3v) is 2.40. The highest BCUT2D eigenvalue weighted by Crippen LogP contribution is 2.32. The number of hydrogen-bond donors (Lipinski definition) is 2. The van der Waals surface area contributed by atoms with Crippen LogP contribution in [-0.4, -0.2) is 26.8 Å². The van der Waals surface area contributed by atoms with Crippen LogP contribution in [-0.2, 0) is 5.60 Å². The molecule has 0 saturated heterocycles. The first-order valence-electron chi connectivity index (χ1n) is 4.81. The number of fused-ring (bicyclic) bond motifs is 1. The summed E-state index contributed by atoms with van der Waals surface area (Å²) in [6, 6.07) is 0. The van der Waals surface area contributed by atoms with Gasteiger partial charge in [-0.05, 0) is 13.8 Å². The zero-order chi connectivity index (χ0) is 11.9. The van der Waals surface area contributed by atoms with Crippen LogP contribution in [0.1, 0.15) is 19.4 Å². The molecule has 0 aliphatic carbocycles. The molecule has 0 aromatic carbocycles. The standard InChI is InChI=1S/C10H13N3O3/c1-10(2,15)6-4-13-7(8(6)16-3)9(14)11-5-12-13/h4-5,15H,1-3H3,(H,11,12,14). The van der Waals surface area contributed by atoms with Crippen molar-refractivity contribution in [2.75, 3.05) is 7.11 Å². The topological polar surface area (TPSA) is 79.6 Å². The van der Waals surface area contributed by atoms with Crippen LogP contribution in [0.4, 0.5) is 0 Å². The normalized spacial score (nSPS) is 12.0. The Morgan fingerprint density at radius 2 is 2.25 bits per heavy atom. The molecule has 6 nitrogen and oxygen atoms in total. The summed E-state index contributed by atoms with van der Waals surface area (Å²) in [7, 11) is 1.46. The van der Waals surface area contributed by atoms with Crippen molar-refractivity contribution in [1.82, 2.24) is 14.6 Å². The van der Waals surface area contributed by atoms with E-state index in [9.17, 15) is 9.90 Å². The number of ether oxygens (including phenoxy) is 1. The summed E-state index contributed by atoms with van der Waals surface area (Å²) in [6.45, 7) is 3.25. The highest BCUT2D eigenvalue weighted by Gasteiger charge is 2.26.